The molecule has 1 aliphatic heterocycles. The zero-order valence-electron chi connectivity index (χ0n) is 15.4. The molecule has 0 spiro atoms. The van der Waals surface area contributed by atoms with Gasteiger partial charge in [0.05, 0.1) is 19.6 Å². The lowest BCUT2D eigenvalue weighted by Gasteiger charge is -2.30. The minimum Gasteiger partial charge on any atom is -0.494 e. The summed E-state index contributed by atoms with van der Waals surface area (Å²) in [5.41, 5.74) is 1.30. The minimum absolute atomic E-state index is 0.102. The molecule has 144 valence electrons. The predicted octanol–water partition coefficient (Wildman–Crippen LogP) is 3.31. The van der Waals surface area contributed by atoms with Crippen LogP contribution in [0.3, 0.4) is 0 Å². The molecule has 1 fully saturated rings. The van der Waals surface area contributed by atoms with Crippen LogP contribution in [0.2, 0.25) is 0 Å². The number of carbonyl (C=O) groups excluding carboxylic acids is 2. The van der Waals surface area contributed by atoms with Crippen molar-refractivity contribution in [2.24, 2.45) is 5.92 Å². The molecule has 0 saturated carbocycles. The zero-order valence-corrected chi connectivity index (χ0v) is 16.3. The van der Waals surface area contributed by atoms with Crippen LogP contribution in [-0.2, 0) is 9.53 Å². The molecule has 2 heterocycles. The normalized spacial score (nSPS) is 14.7. The Morgan fingerprint density at radius 1 is 1.26 bits per heavy atom. The Kier molecular flexibility index (Phi) is 6.28. The van der Waals surface area contributed by atoms with Crippen molar-refractivity contribution in [3.05, 3.63) is 35.3 Å². The van der Waals surface area contributed by atoms with E-state index < -0.39 is 0 Å². The highest BCUT2D eigenvalue weighted by molar-refractivity contribution is 7.14. The monoisotopic (exact) mass is 389 g/mol. The van der Waals surface area contributed by atoms with Gasteiger partial charge < -0.3 is 19.7 Å². The third kappa shape index (κ3) is 4.77. The van der Waals surface area contributed by atoms with Crippen LogP contribution in [0.25, 0.3) is 0 Å². The average Bonchev–Trinajstić information content (AvgIpc) is 3.17. The second kappa shape index (κ2) is 8.85. The Bertz CT molecular complexity index is 783. The predicted molar refractivity (Wildman–Crippen MR) is 104 cm³/mol. The summed E-state index contributed by atoms with van der Waals surface area (Å²) < 4.78 is 10.2. The number of nitrogens with one attached hydrogen (secondary N) is 1. The maximum absolute atomic E-state index is 12.6. The van der Waals surface area contributed by atoms with Gasteiger partial charge in [-0.2, -0.15) is 0 Å². The molecule has 1 amide bonds. The number of esters is 1. The third-order valence-electron chi connectivity index (χ3n) is 4.46. The molecule has 3 rings (SSSR count). The number of hydrogen-bond donors (Lipinski definition) is 1. The highest BCUT2D eigenvalue weighted by atomic mass is 32.1. The van der Waals surface area contributed by atoms with E-state index in [-0.39, 0.29) is 17.8 Å². The van der Waals surface area contributed by atoms with Gasteiger partial charge in [0.1, 0.15) is 11.4 Å². The second-order valence-corrected chi connectivity index (χ2v) is 7.07. The fourth-order valence-electron chi connectivity index (χ4n) is 3.00. The Morgan fingerprint density at radius 3 is 2.59 bits per heavy atom. The number of amides is 1. The van der Waals surface area contributed by atoms with Crippen molar-refractivity contribution in [2.45, 2.75) is 19.8 Å². The molecule has 7 nitrogen and oxygen atoms in total. The fourth-order valence-corrected chi connectivity index (χ4v) is 3.71. The van der Waals surface area contributed by atoms with E-state index in [1.807, 2.05) is 31.2 Å². The van der Waals surface area contributed by atoms with E-state index in [1.54, 1.807) is 10.3 Å². The Balaban J connectivity index is 1.57. The first-order chi connectivity index (χ1) is 13.1. The number of aromatic nitrogens is 1. The van der Waals surface area contributed by atoms with Crippen LogP contribution in [-0.4, -0.2) is 48.6 Å². The lowest BCUT2D eigenvalue weighted by molar-refractivity contribution is -0.146. The highest BCUT2D eigenvalue weighted by Gasteiger charge is 2.29. The summed E-state index contributed by atoms with van der Waals surface area (Å²) in [7, 11) is 1.40. The summed E-state index contributed by atoms with van der Waals surface area (Å²) in [5.74, 6) is 0.395. The number of likely N-dealkylation sites (tertiary alicyclic amines) is 1. The van der Waals surface area contributed by atoms with Crippen LogP contribution >= 0.6 is 11.3 Å². The molecule has 0 bridgehead atoms. The first-order valence-electron chi connectivity index (χ1n) is 8.93. The van der Waals surface area contributed by atoms with Gasteiger partial charge in [-0.3, -0.25) is 9.59 Å². The lowest BCUT2D eigenvalue weighted by atomic mass is 9.97. The number of methoxy groups -OCH3 is 1. The number of nitrogens with zero attached hydrogens (tertiary/aromatic N) is 2. The van der Waals surface area contributed by atoms with Crippen LogP contribution < -0.4 is 10.1 Å². The molecular formula is C19H23N3O4S. The van der Waals surface area contributed by atoms with Gasteiger partial charge in [-0.15, -0.1) is 11.3 Å². The maximum Gasteiger partial charge on any atom is 0.308 e. The summed E-state index contributed by atoms with van der Waals surface area (Å²) in [6.45, 7) is 3.65. The van der Waals surface area contributed by atoms with Gasteiger partial charge in [-0.05, 0) is 44.0 Å². The van der Waals surface area contributed by atoms with E-state index in [1.165, 1.54) is 18.4 Å². The highest BCUT2D eigenvalue weighted by Crippen LogP contribution is 2.25. The number of rotatable bonds is 6. The number of hydrogen-bond acceptors (Lipinski definition) is 7. The first kappa shape index (κ1) is 19.2. The fraction of sp³-hybridized carbons (Fsp3) is 0.421. The van der Waals surface area contributed by atoms with Crippen LogP contribution in [0, 0.1) is 5.92 Å². The van der Waals surface area contributed by atoms with E-state index in [9.17, 15) is 9.59 Å². The van der Waals surface area contributed by atoms with Gasteiger partial charge >= 0.3 is 5.97 Å². The van der Waals surface area contributed by atoms with Gasteiger partial charge in [-0.25, -0.2) is 4.98 Å². The minimum atomic E-state index is -0.197. The molecule has 2 aromatic rings. The third-order valence-corrected chi connectivity index (χ3v) is 5.21. The van der Waals surface area contributed by atoms with Crippen molar-refractivity contribution in [3.63, 3.8) is 0 Å². The molecule has 0 unspecified atom stereocenters. The van der Waals surface area contributed by atoms with Crippen LogP contribution in [0.5, 0.6) is 5.75 Å². The van der Waals surface area contributed by atoms with Crippen LogP contribution in [0.1, 0.15) is 30.3 Å². The Hall–Kier alpha value is -2.61. The Morgan fingerprint density at radius 2 is 1.96 bits per heavy atom. The van der Waals surface area contributed by atoms with Crippen molar-refractivity contribution in [2.75, 3.05) is 32.1 Å². The topological polar surface area (TPSA) is 80.8 Å². The SMILES string of the molecule is CCOc1ccc(Nc2nc(C(=O)N3CCC(C(=O)OC)CC3)cs2)cc1. The van der Waals surface area contributed by atoms with E-state index in [0.717, 1.165) is 11.4 Å². The largest absolute Gasteiger partial charge is 0.494 e. The lowest BCUT2D eigenvalue weighted by Crippen LogP contribution is -2.40. The molecule has 1 aromatic heterocycles. The van der Waals surface area contributed by atoms with Gasteiger partial charge in [0.15, 0.2) is 5.13 Å². The molecule has 1 N–H and O–H groups in total. The summed E-state index contributed by atoms with van der Waals surface area (Å²) in [6.07, 6.45) is 1.25. The van der Waals surface area contributed by atoms with Crippen molar-refractivity contribution >= 4 is 34.0 Å². The van der Waals surface area contributed by atoms with Crippen molar-refractivity contribution in [3.8, 4) is 5.75 Å². The van der Waals surface area contributed by atoms with Crippen molar-refractivity contribution in [1.29, 1.82) is 0 Å². The average molecular weight is 389 g/mol. The summed E-state index contributed by atoms with van der Waals surface area (Å²) in [6, 6.07) is 7.59. The molecule has 27 heavy (non-hydrogen) atoms. The number of thiazole rings is 1. The number of piperidine rings is 1. The zero-order chi connectivity index (χ0) is 19.2. The van der Waals surface area contributed by atoms with E-state index in [4.69, 9.17) is 9.47 Å². The number of benzene rings is 1. The van der Waals surface area contributed by atoms with E-state index in [2.05, 4.69) is 10.3 Å². The number of ether oxygens (including phenoxy) is 2. The molecule has 0 radical (unpaired) electrons. The van der Waals surface area contributed by atoms with Gasteiger partial charge in [0.25, 0.3) is 5.91 Å². The van der Waals surface area contributed by atoms with E-state index >= 15 is 0 Å². The molecule has 1 saturated heterocycles. The van der Waals surface area contributed by atoms with E-state index in [0.29, 0.717) is 43.4 Å². The van der Waals surface area contributed by atoms with Crippen LogP contribution in [0.4, 0.5) is 10.8 Å². The van der Waals surface area contributed by atoms with Gasteiger partial charge in [-0.1, -0.05) is 0 Å². The molecular weight excluding hydrogens is 366 g/mol. The summed E-state index contributed by atoms with van der Waals surface area (Å²) in [4.78, 5) is 30.4. The number of anilines is 2. The number of carbonyl (C=O) groups is 2. The van der Waals surface area contributed by atoms with Gasteiger partial charge in [0.2, 0.25) is 0 Å². The van der Waals surface area contributed by atoms with Crippen molar-refractivity contribution in [1.82, 2.24) is 9.88 Å². The maximum atomic E-state index is 12.6. The second-order valence-electron chi connectivity index (χ2n) is 6.21. The van der Waals surface area contributed by atoms with Crippen LogP contribution in [0.15, 0.2) is 29.6 Å². The summed E-state index contributed by atoms with van der Waals surface area (Å²) in [5, 5.41) is 5.62. The van der Waals surface area contributed by atoms with Crippen molar-refractivity contribution < 1.29 is 19.1 Å². The molecule has 0 atom stereocenters. The quantitative estimate of drug-likeness (QED) is 0.764. The molecule has 1 aromatic carbocycles. The first-order valence-corrected chi connectivity index (χ1v) is 9.81. The standard InChI is InChI=1S/C19H23N3O4S/c1-3-26-15-6-4-14(5-7-15)20-19-21-16(12-27-19)17(23)22-10-8-13(9-11-22)18(24)25-2/h4-7,12-13H,3,8-11H2,1-2H3,(H,20,21). The Labute approximate surface area is 162 Å². The molecule has 0 aliphatic carbocycles. The molecule has 8 heteroatoms. The smallest absolute Gasteiger partial charge is 0.308 e. The molecule has 1 aliphatic rings. The summed E-state index contributed by atoms with van der Waals surface area (Å²) >= 11 is 1.39. The van der Waals surface area contributed by atoms with Gasteiger partial charge in [0, 0.05) is 24.2 Å².